The van der Waals surface area contributed by atoms with Crippen LogP contribution in [0.15, 0.2) is 18.2 Å². The Labute approximate surface area is 115 Å². The molecule has 0 aliphatic rings. The standard InChI is InChI=1S/C16H24O3/c1-4-7-9-12-10-8-11-14(15(12)17)13(5-2)16(18)19-6-3/h8,10-11,13,17H,4-7,9H2,1-3H3. The zero-order chi connectivity index (χ0) is 14.3. The number of aryl methyl sites for hydroxylation is 1. The minimum Gasteiger partial charge on any atom is -0.507 e. The third kappa shape index (κ3) is 3.98. The minimum absolute atomic E-state index is 0.257. The van der Waals surface area contributed by atoms with Crippen molar-refractivity contribution in [3.05, 3.63) is 29.3 Å². The van der Waals surface area contributed by atoms with Gasteiger partial charge in [-0.25, -0.2) is 0 Å². The number of para-hydroxylation sites is 1. The fraction of sp³-hybridized carbons (Fsp3) is 0.562. The Morgan fingerprint density at radius 3 is 2.63 bits per heavy atom. The molecule has 0 aliphatic carbocycles. The van der Waals surface area contributed by atoms with Crippen LogP contribution in [0.1, 0.15) is 57.1 Å². The molecule has 1 rings (SSSR count). The van der Waals surface area contributed by atoms with Crippen molar-refractivity contribution >= 4 is 5.97 Å². The third-order valence-corrected chi connectivity index (χ3v) is 3.31. The van der Waals surface area contributed by atoms with Crippen molar-refractivity contribution in [2.75, 3.05) is 6.61 Å². The first-order valence-electron chi connectivity index (χ1n) is 7.13. The smallest absolute Gasteiger partial charge is 0.313 e. The first kappa shape index (κ1) is 15.5. The first-order valence-corrected chi connectivity index (χ1v) is 7.13. The maximum absolute atomic E-state index is 11.9. The lowest BCUT2D eigenvalue weighted by atomic mass is 9.92. The monoisotopic (exact) mass is 264 g/mol. The summed E-state index contributed by atoms with van der Waals surface area (Å²) in [6.07, 6.45) is 3.59. The van der Waals surface area contributed by atoms with Crippen LogP contribution in [0.4, 0.5) is 0 Å². The molecule has 0 aromatic heterocycles. The predicted octanol–water partition coefficient (Wildman–Crippen LogP) is 3.79. The lowest BCUT2D eigenvalue weighted by molar-refractivity contribution is -0.145. The van der Waals surface area contributed by atoms with Gasteiger partial charge in [0.25, 0.3) is 0 Å². The number of rotatable bonds is 7. The van der Waals surface area contributed by atoms with Crippen molar-refractivity contribution in [1.82, 2.24) is 0 Å². The molecule has 0 aliphatic heterocycles. The summed E-state index contributed by atoms with van der Waals surface area (Å²) >= 11 is 0. The summed E-state index contributed by atoms with van der Waals surface area (Å²) in [4.78, 5) is 11.9. The SMILES string of the molecule is CCCCc1cccc(C(CC)C(=O)OCC)c1O. The zero-order valence-electron chi connectivity index (χ0n) is 12.1. The van der Waals surface area contributed by atoms with Crippen LogP contribution < -0.4 is 0 Å². The van der Waals surface area contributed by atoms with E-state index in [0.717, 1.165) is 24.8 Å². The largest absolute Gasteiger partial charge is 0.507 e. The van der Waals surface area contributed by atoms with E-state index in [1.165, 1.54) is 0 Å². The normalized spacial score (nSPS) is 12.2. The van der Waals surface area contributed by atoms with E-state index >= 15 is 0 Å². The van der Waals surface area contributed by atoms with Gasteiger partial charge in [-0.1, -0.05) is 38.5 Å². The van der Waals surface area contributed by atoms with E-state index in [-0.39, 0.29) is 17.6 Å². The number of hydrogen-bond acceptors (Lipinski definition) is 3. The Balaban J connectivity index is 3.00. The predicted molar refractivity (Wildman–Crippen MR) is 76.4 cm³/mol. The summed E-state index contributed by atoms with van der Waals surface area (Å²) in [6, 6.07) is 5.64. The van der Waals surface area contributed by atoms with Gasteiger partial charge in [-0.15, -0.1) is 0 Å². The van der Waals surface area contributed by atoms with E-state index in [9.17, 15) is 9.90 Å². The van der Waals surface area contributed by atoms with Crippen molar-refractivity contribution in [3.63, 3.8) is 0 Å². The van der Waals surface area contributed by atoms with Crippen LogP contribution in [0, 0.1) is 0 Å². The fourth-order valence-electron chi connectivity index (χ4n) is 2.22. The first-order chi connectivity index (χ1) is 9.15. The van der Waals surface area contributed by atoms with Crippen LogP contribution in [0.5, 0.6) is 5.75 Å². The molecule has 0 saturated carbocycles. The summed E-state index contributed by atoms with van der Waals surface area (Å²) in [5, 5.41) is 10.3. The van der Waals surface area contributed by atoms with Gasteiger partial charge in [-0.05, 0) is 31.7 Å². The maximum Gasteiger partial charge on any atom is 0.313 e. The fourth-order valence-corrected chi connectivity index (χ4v) is 2.22. The molecule has 0 saturated heterocycles. The molecule has 3 nitrogen and oxygen atoms in total. The Morgan fingerprint density at radius 1 is 1.32 bits per heavy atom. The molecular formula is C16H24O3. The van der Waals surface area contributed by atoms with Gasteiger partial charge in [0.15, 0.2) is 0 Å². The summed E-state index contributed by atoms with van der Waals surface area (Å²) in [5.41, 5.74) is 1.61. The van der Waals surface area contributed by atoms with E-state index in [2.05, 4.69) is 6.92 Å². The highest BCUT2D eigenvalue weighted by atomic mass is 16.5. The van der Waals surface area contributed by atoms with Gasteiger partial charge in [0, 0.05) is 5.56 Å². The molecule has 0 bridgehead atoms. The van der Waals surface area contributed by atoms with Gasteiger partial charge in [0.2, 0.25) is 0 Å². The summed E-state index contributed by atoms with van der Waals surface area (Å²) in [5.74, 6) is -0.370. The molecule has 1 unspecified atom stereocenters. The topological polar surface area (TPSA) is 46.5 Å². The molecule has 19 heavy (non-hydrogen) atoms. The molecule has 1 atom stereocenters. The number of phenolic OH excluding ortho intramolecular Hbond substituents is 1. The average molecular weight is 264 g/mol. The van der Waals surface area contributed by atoms with Gasteiger partial charge in [0.1, 0.15) is 5.75 Å². The van der Waals surface area contributed by atoms with Crippen LogP contribution in [-0.2, 0) is 16.0 Å². The molecule has 106 valence electrons. The zero-order valence-corrected chi connectivity index (χ0v) is 12.1. The summed E-state index contributed by atoms with van der Waals surface area (Å²) < 4.78 is 5.08. The van der Waals surface area contributed by atoms with Crippen molar-refractivity contribution in [3.8, 4) is 5.75 Å². The Kier molecular flexibility index (Phi) is 6.40. The van der Waals surface area contributed by atoms with E-state index < -0.39 is 0 Å². The van der Waals surface area contributed by atoms with Crippen LogP contribution in [0.3, 0.4) is 0 Å². The number of hydrogen-bond donors (Lipinski definition) is 1. The number of carbonyl (C=O) groups is 1. The lowest BCUT2D eigenvalue weighted by Gasteiger charge is -2.17. The minimum atomic E-state index is -0.374. The number of benzene rings is 1. The second-order valence-electron chi connectivity index (χ2n) is 4.67. The highest BCUT2D eigenvalue weighted by molar-refractivity contribution is 5.79. The quantitative estimate of drug-likeness (QED) is 0.762. The summed E-state index contributed by atoms with van der Waals surface area (Å²) in [6.45, 7) is 6.21. The number of unbranched alkanes of at least 4 members (excludes halogenated alkanes) is 1. The Bertz CT molecular complexity index is 412. The highest BCUT2D eigenvalue weighted by Crippen LogP contribution is 2.32. The summed E-state index contributed by atoms with van der Waals surface area (Å²) in [7, 11) is 0. The van der Waals surface area contributed by atoms with E-state index in [1.807, 2.05) is 25.1 Å². The number of esters is 1. The molecule has 1 N–H and O–H groups in total. The number of carbonyl (C=O) groups excluding carboxylic acids is 1. The molecule has 0 fully saturated rings. The number of phenols is 1. The van der Waals surface area contributed by atoms with Crippen LogP contribution in [0.25, 0.3) is 0 Å². The van der Waals surface area contributed by atoms with Crippen molar-refractivity contribution in [2.24, 2.45) is 0 Å². The molecule has 0 heterocycles. The van der Waals surface area contributed by atoms with Gasteiger partial charge in [-0.3, -0.25) is 4.79 Å². The highest BCUT2D eigenvalue weighted by Gasteiger charge is 2.23. The van der Waals surface area contributed by atoms with Crippen molar-refractivity contribution in [1.29, 1.82) is 0 Å². The molecule has 3 heteroatoms. The molecule has 0 radical (unpaired) electrons. The van der Waals surface area contributed by atoms with E-state index in [4.69, 9.17) is 4.74 Å². The van der Waals surface area contributed by atoms with Gasteiger partial charge >= 0.3 is 5.97 Å². The van der Waals surface area contributed by atoms with Gasteiger partial charge in [-0.2, -0.15) is 0 Å². The average Bonchev–Trinajstić information content (AvgIpc) is 2.40. The van der Waals surface area contributed by atoms with Crippen LogP contribution in [0.2, 0.25) is 0 Å². The Hall–Kier alpha value is -1.51. The van der Waals surface area contributed by atoms with Gasteiger partial charge < -0.3 is 9.84 Å². The third-order valence-electron chi connectivity index (χ3n) is 3.31. The second kappa shape index (κ2) is 7.82. The van der Waals surface area contributed by atoms with Crippen LogP contribution >= 0.6 is 0 Å². The molecule has 0 spiro atoms. The van der Waals surface area contributed by atoms with Crippen molar-refractivity contribution in [2.45, 2.75) is 52.4 Å². The van der Waals surface area contributed by atoms with E-state index in [1.54, 1.807) is 6.92 Å². The maximum atomic E-state index is 11.9. The van der Waals surface area contributed by atoms with Crippen molar-refractivity contribution < 1.29 is 14.6 Å². The number of aromatic hydroxyl groups is 1. The molecule has 1 aromatic carbocycles. The Morgan fingerprint density at radius 2 is 2.05 bits per heavy atom. The number of ether oxygens (including phenoxy) is 1. The molecule has 0 amide bonds. The van der Waals surface area contributed by atoms with Crippen LogP contribution in [-0.4, -0.2) is 17.7 Å². The molecule has 1 aromatic rings. The molecular weight excluding hydrogens is 240 g/mol. The lowest BCUT2D eigenvalue weighted by Crippen LogP contribution is -2.15. The van der Waals surface area contributed by atoms with E-state index in [0.29, 0.717) is 18.6 Å². The van der Waals surface area contributed by atoms with Gasteiger partial charge in [0.05, 0.1) is 12.5 Å². The second-order valence-corrected chi connectivity index (χ2v) is 4.67.